The number of pyridine rings is 2. The van der Waals surface area contributed by atoms with Crippen molar-refractivity contribution in [3.63, 3.8) is 0 Å². The van der Waals surface area contributed by atoms with E-state index in [1.165, 1.54) is 5.39 Å². The molecule has 30 heavy (non-hydrogen) atoms. The van der Waals surface area contributed by atoms with Gasteiger partial charge < -0.3 is 9.64 Å². The zero-order valence-corrected chi connectivity index (χ0v) is 17.1. The van der Waals surface area contributed by atoms with Gasteiger partial charge in [-0.25, -0.2) is 4.98 Å². The zero-order chi connectivity index (χ0) is 20.3. The van der Waals surface area contributed by atoms with E-state index in [2.05, 4.69) is 45.3 Å². The Morgan fingerprint density at radius 2 is 1.80 bits per heavy atom. The molecule has 1 aliphatic heterocycles. The maximum atomic E-state index is 6.16. The van der Waals surface area contributed by atoms with Gasteiger partial charge in [-0.1, -0.05) is 18.2 Å². The molecule has 0 N–H and O–H groups in total. The first kappa shape index (κ1) is 18.6. The second-order valence-corrected chi connectivity index (χ2v) is 7.86. The molecule has 1 fully saturated rings. The summed E-state index contributed by atoms with van der Waals surface area (Å²) < 4.78 is 7.97. The van der Waals surface area contributed by atoms with E-state index in [1.54, 1.807) is 17.1 Å². The van der Waals surface area contributed by atoms with Crippen LogP contribution in [0.1, 0.15) is 12.8 Å². The number of hydrogen-bond donors (Lipinski definition) is 0. The van der Waals surface area contributed by atoms with Crippen LogP contribution >= 0.6 is 0 Å². The number of piperidine rings is 1. The number of aryl methyl sites for hydroxylation is 1. The molecular weight excluding hydrogens is 374 g/mol. The summed E-state index contributed by atoms with van der Waals surface area (Å²) in [6.45, 7) is 2.69. The van der Waals surface area contributed by atoms with Crippen molar-refractivity contribution in [3.05, 3.63) is 67.1 Å². The summed E-state index contributed by atoms with van der Waals surface area (Å²) in [5.41, 5.74) is 3.14. The van der Waals surface area contributed by atoms with Gasteiger partial charge in [-0.15, -0.1) is 5.10 Å². The van der Waals surface area contributed by atoms with E-state index in [-0.39, 0.29) is 0 Å². The molecule has 4 aromatic rings. The molecule has 3 aromatic heterocycles. The number of aromatic nitrogens is 4. The average Bonchev–Trinajstić information content (AvgIpc) is 3.19. The Kier molecular flexibility index (Phi) is 5.05. The van der Waals surface area contributed by atoms with Crippen molar-refractivity contribution in [1.29, 1.82) is 0 Å². The number of para-hydroxylation sites is 1. The van der Waals surface area contributed by atoms with Gasteiger partial charge in [0.2, 0.25) is 5.88 Å². The molecule has 152 valence electrons. The van der Waals surface area contributed by atoms with Crippen LogP contribution in [0.2, 0.25) is 0 Å². The van der Waals surface area contributed by atoms with Gasteiger partial charge in [0, 0.05) is 44.1 Å². The largest absolute Gasteiger partial charge is 0.476 e. The van der Waals surface area contributed by atoms with Crippen LogP contribution in [0.25, 0.3) is 22.0 Å². The fourth-order valence-electron chi connectivity index (χ4n) is 4.06. The molecular formula is C24H25N5O. The zero-order valence-electron chi connectivity index (χ0n) is 17.1. The third-order valence-corrected chi connectivity index (χ3v) is 5.76. The third kappa shape index (κ3) is 3.85. The Morgan fingerprint density at radius 3 is 2.63 bits per heavy atom. The minimum absolute atomic E-state index is 0.522. The summed E-state index contributed by atoms with van der Waals surface area (Å²) in [5, 5.41) is 5.70. The number of benzene rings is 1. The fraction of sp³-hybridized carbons (Fsp3) is 0.292. The summed E-state index contributed by atoms with van der Waals surface area (Å²) in [4.78, 5) is 11.3. The molecule has 0 amide bonds. The molecule has 4 heterocycles. The lowest BCUT2D eigenvalue weighted by Crippen LogP contribution is -2.36. The lowest BCUT2D eigenvalue weighted by molar-refractivity contribution is 0.215. The van der Waals surface area contributed by atoms with E-state index < -0.39 is 0 Å². The van der Waals surface area contributed by atoms with Crippen molar-refractivity contribution < 1.29 is 4.74 Å². The Bertz CT molecular complexity index is 1130. The maximum Gasteiger partial charge on any atom is 0.240 e. The van der Waals surface area contributed by atoms with Gasteiger partial charge >= 0.3 is 0 Å². The third-order valence-electron chi connectivity index (χ3n) is 5.76. The first-order valence-electron chi connectivity index (χ1n) is 10.4. The summed E-state index contributed by atoms with van der Waals surface area (Å²) in [6.07, 6.45) is 7.77. The summed E-state index contributed by atoms with van der Waals surface area (Å²) in [5.74, 6) is 2.29. The molecule has 1 saturated heterocycles. The lowest BCUT2D eigenvalue weighted by Gasteiger charge is -2.32. The minimum Gasteiger partial charge on any atom is -0.476 e. The fourth-order valence-corrected chi connectivity index (χ4v) is 4.06. The molecule has 0 atom stereocenters. The topological polar surface area (TPSA) is 56.1 Å². The monoisotopic (exact) mass is 399 g/mol. The number of fused-ring (bicyclic) bond motifs is 1. The van der Waals surface area contributed by atoms with Crippen molar-refractivity contribution in [3.8, 4) is 17.0 Å². The predicted octanol–water partition coefficient (Wildman–Crippen LogP) is 4.33. The number of hydrogen-bond acceptors (Lipinski definition) is 5. The van der Waals surface area contributed by atoms with Crippen LogP contribution in [-0.2, 0) is 7.05 Å². The van der Waals surface area contributed by atoms with E-state index >= 15 is 0 Å². The second-order valence-electron chi connectivity index (χ2n) is 7.86. The van der Waals surface area contributed by atoms with Crippen LogP contribution in [0.4, 0.5) is 5.82 Å². The van der Waals surface area contributed by atoms with Crippen LogP contribution in [-0.4, -0.2) is 39.4 Å². The Morgan fingerprint density at radius 1 is 1.00 bits per heavy atom. The van der Waals surface area contributed by atoms with Gasteiger partial charge in [0.15, 0.2) is 0 Å². The Hall–Kier alpha value is -3.41. The highest BCUT2D eigenvalue weighted by Gasteiger charge is 2.22. The highest BCUT2D eigenvalue weighted by Crippen LogP contribution is 2.30. The maximum absolute atomic E-state index is 6.16. The molecule has 0 bridgehead atoms. The van der Waals surface area contributed by atoms with Crippen LogP contribution in [0.15, 0.2) is 67.1 Å². The summed E-state index contributed by atoms with van der Waals surface area (Å²) in [7, 11) is 1.92. The van der Waals surface area contributed by atoms with E-state index in [0.29, 0.717) is 18.4 Å². The molecule has 1 aliphatic rings. The van der Waals surface area contributed by atoms with Crippen molar-refractivity contribution >= 4 is 16.7 Å². The molecule has 0 unspecified atom stereocenters. The normalized spacial score (nSPS) is 14.9. The predicted molar refractivity (Wildman–Crippen MR) is 119 cm³/mol. The molecule has 1 aromatic carbocycles. The average molecular weight is 399 g/mol. The first-order chi connectivity index (χ1) is 14.8. The molecule has 5 rings (SSSR count). The molecule has 0 spiro atoms. The molecule has 0 radical (unpaired) electrons. The van der Waals surface area contributed by atoms with E-state index in [4.69, 9.17) is 9.72 Å². The number of anilines is 1. The number of nitrogens with zero attached hydrogens (tertiary/aromatic N) is 5. The van der Waals surface area contributed by atoms with Gasteiger partial charge in [-0.2, -0.15) is 0 Å². The summed E-state index contributed by atoms with van der Waals surface area (Å²) in [6, 6.07) is 16.5. The SMILES string of the molecule is Cn1cc(-c2ccncc2)c(OCC2CCN(c3ccc4ccccc4n3)CC2)n1. The van der Waals surface area contributed by atoms with Crippen LogP contribution < -0.4 is 9.64 Å². The van der Waals surface area contributed by atoms with Crippen molar-refractivity contribution in [2.45, 2.75) is 12.8 Å². The molecule has 0 saturated carbocycles. The lowest BCUT2D eigenvalue weighted by atomic mass is 9.98. The van der Waals surface area contributed by atoms with Crippen molar-refractivity contribution in [2.75, 3.05) is 24.6 Å². The quantitative estimate of drug-likeness (QED) is 0.500. The molecule has 0 aliphatic carbocycles. The van der Waals surface area contributed by atoms with Gasteiger partial charge in [0.25, 0.3) is 0 Å². The van der Waals surface area contributed by atoms with Crippen molar-refractivity contribution in [1.82, 2.24) is 19.7 Å². The highest BCUT2D eigenvalue weighted by molar-refractivity contribution is 5.80. The Labute approximate surface area is 176 Å². The highest BCUT2D eigenvalue weighted by atomic mass is 16.5. The van der Waals surface area contributed by atoms with Crippen molar-refractivity contribution in [2.24, 2.45) is 13.0 Å². The minimum atomic E-state index is 0.522. The first-order valence-corrected chi connectivity index (χ1v) is 10.4. The van der Waals surface area contributed by atoms with E-state index in [1.807, 2.05) is 31.4 Å². The van der Waals surface area contributed by atoms with Gasteiger partial charge in [0.05, 0.1) is 17.7 Å². The van der Waals surface area contributed by atoms with Gasteiger partial charge in [-0.3, -0.25) is 9.67 Å². The number of ether oxygens (including phenoxy) is 1. The van der Waals surface area contributed by atoms with Crippen LogP contribution in [0.3, 0.4) is 0 Å². The van der Waals surface area contributed by atoms with Crippen LogP contribution in [0.5, 0.6) is 5.88 Å². The Balaban J connectivity index is 1.21. The van der Waals surface area contributed by atoms with Crippen LogP contribution in [0, 0.1) is 5.92 Å². The molecule has 6 nitrogen and oxygen atoms in total. The standard InChI is InChI=1S/C24H25N5O/c1-28-16-21(19-8-12-25-13-9-19)24(27-28)30-17-18-10-14-29(15-11-18)23-7-6-20-4-2-3-5-22(20)26-23/h2-9,12-13,16,18H,10-11,14-15,17H2,1H3. The second kappa shape index (κ2) is 8.14. The number of rotatable bonds is 5. The van der Waals surface area contributed by atoms with E-state index in [9.17, 15) is 0 Å². The molecule has 6 heteroatoms. The van der Waals surface area contributed by atoms with E-state index in [0.717, 1.165) is 48.4 Å². The van der Waals surface area contributed by atoms with Gasteiger partial charge in [0.1, 0.15) is 5.82 Å². The van der Waals surface area contributed by atoms with Gasteiger partial charge in [-0.05, 0) is 54.7 Å². The summed E-state index contributed by atoms with van der Waals surface area (Å²) >= 11 is 0. The smallest absolute Gasteiger partial charge is 0.240 e.